The molecule has 2 atom stereocenters. The number of benzene rings is 1. The highest BCUT2D eigenvalue weighted by molar-refractivity contribution is 5.32. The summed E-state index contributed by atoms with van der Waals surface area (Å²) in [6, 6.07) is 11.1. The van der Waals surface area contributed by atoms with E-state index in [2.05, 4.69) is 60.7 Å². The Labute approximate surface area is 122 Å². The Balaban J connectivity index is 1.92. The van der Waals surface area contributed by atoms with Crippen molar-refractivity contribution in [2.24, 2.45) is 5.92 Å². The minimum Gasteiger partial charge on any atom is -0.0885 e. The Hall–Kier alpha value is -1.56. The van der Waals surface area contributed by atoms with E-state index >= 15 is 0 Å². The normalized spacial score (nSPS) is 24.0. The maximum atomic E-state index is 2.51. The molecule has 1 aromatic rings. The van der Waals surface area contributed by atoms with Crippen molar-refractivity contribution < 1.29 is 0 Å². The van der Waals surface area contributed by atoms with Gasteiger partial charge in [-0.05, 0) is 50.0 Å². The largest absolute Gasteiger partial charge is 0.0885 e. The van der Waals surface area contributed by atoms with Gasteiger partial charge in [0.15, 0.2) is 0 Å². The SMILES string of the molecule is C1=CCC(C(c2ccccc2)C2CC=CCC2)=CCC1. The third kappa shape index (κ3) is 3.12. The fourth-order valence-corrected chi connectivity index (χ4v) is 3.61. The summed E-state index contributed by atoms with van der Waals surface area (Å²) in [4.78, 5) is 0. The van der Waals surface area contributed by atoms with Crippen molar-refractivity contribution in [3.8, 4) is 0 Å². The minimum atomic E-state index is 0.615. The van der Waals surface area contributed by atoms with Gasteiger partial charge in [-0.25, -0.2) is 0 Å². The first-order valence-electron chi connectivity index (χ1n) is 7.99. The van der Waals surface area contributed by atoms with Crippen LogP contribution in [0.25, 0.3) is 0 Å². The van der Waals surface area contributed by atoms with E-state index < -0.39 is 0 Å². The van der Waals surface area contributed by atoms with Crippen LogP contribution in [-0.2, 0) is 0 Å². The van der Waals surface area contributed by atoms with Crippen LogP contribution >= 0.6 is 0 Å². The molecule has 0 aromatic heterocycles. The Kier molecular flexibility index (Phi) is 4.53. The summed E-state index contributed by atoms with van der Waals surface area (Å²) in [5.41, 5.74) is 3.15. The second kappa shape index (κ2) is 6.74. The lowest BCUT2D eigenvalue weighted by molar-refractivity contribution is 0.420. The maximum absolute atomic E-state index is 2.51. The second-order valence-corrected chi connectivity index (χ2v) is 5.96. The van der Waals surface area contributed by atoms with E-state index in [9.17, 15) is 0 Å². The zero-order valence-corrected chi connectivity index (χ0v) is 12.2. The van der Waals surface area contributed by atoms with Crippen LogP contribution in [0.2, 0.25) is 0 Å². The van der Waals surface area contributed by atoms with Crippen molar-refractivity contribution in [2.75, 3.05) is 0 Å². The zero-order chi connectivity index (χ0) is 13.6. The molecular weight excluding hydrogens is 240 g/mol. The lowest BCUT2D eigenvalue weighted by atomic mass is 9.74. The van der Waals surface area contributed by atoms with E-state index in [1.807, 2.05) is 0 Å². The van der Waals surface area contributed by atoms with Crippen LogP contribution < -0.4 is 0 Å². The smallest absolute Gasteiger partial charge is 0.00825 e. The van der Waals surface area contributed by atoms with E-state index in [4.69, 9.17) is 0 Å². The minimum absolute atomic E-state index is 0.615. The maximum Gasteiger partial charge on any atom is 0.00825 e. The van der Waals surface area contributed by atoms with E-state index in [-0.39, 0.29) is 0 Å². The number of hydrogen-bond donors (Lipinski definition) is 0. The third-order valence-electron chi connectivity index (χ3n) is 4.60. The lowest BCUT2D eigenvalue weighted by Crippen LogP contribution is -2.16. The summed E-state index contributed by atoms with van der Waals surface area (Å²) in [6.45, 7) is 0. The fraction of sp³-hybridized carbons (Fsp3) is 0.400. The first-order chi connectivity index (χ1) is 9.95. The van der Waals surface area contributed by atoms with Crippen molar-refractivity contribution in [2.45, 2.75) is 44.4 Å². The van der Waals surface area contributed by atoms with Crippen molar-refractivity contribution in [3.63, 3.8) is 0 Å². The third-order valence-corrected chi connectivity index (χ3v) is 4.60. The zero-order valence-electron chi connectivity index (χ0n) is 12.2. The number of hydrogen-bond acceptors (Lipinski definition) is 0. The first kappa shape index (κ1) is 13.4. The highest BCUT2D eigenvalue weighted by Gasteiger charge is 2.26. The Bertz CT molecular complexity index is 504. The van der Waals surface area contributed by atoms with Gasteiger partial charge in [0.2, 0.25) is 0 Å². The molecule has 0 saturated heterocycles. The molecule has 2 aliphatic rings. The quantitative estimate of drug-likeness (QED) is 0.606. The molecule has 0 nitrogen and oxygen atoms in total. The van der Waals surface area contributed by atoms with E-state index in [0.29, 0.717) is 5.92 Å². The predicted molar refractivity (Wildman–Crippen MR) is 86.7 cm³/mol. The summed E-state index contributed by atoms with van der Waals surface area (Å²) >= 11 is 0. The first-order valence-corrected chi connectivity index (χ1v) is 7.99. The molecule has 0 bridgehead atoms. The molecule has 0 fully saturated rings. The molecule has 0 radical (unpaired) electrons. The fourth-order valence-electron chi connectivity index (χ4n) is 3.61. The van der Waals surface area contributed by atoms with Gasteiger partial charge in [0, 0.05) is 5.92 Å². The highest BCUT2D eigenvalue weighted by atomic mass is 14.3. The summed E-state index contributed by atoms with van der Waals surface area (Å²) < 4.78 is 0. The highest BCUT2D eigenvalue weighted by Crippen LogP contribution is 2.40. The van der Waals surface area contributed by atoms with Gasteiger partial charge < -0.3 is 0 Å². The van der Waals surface area contributed by atoms with Crippen molar-refractivity contribution in [3.05, 3.63) is 71.8 Å². The van der Waals surface area contributed by atoms with Crippen molar-refractivity contribution >= 4 is 0 Å². The van der Waals surface area contributed by atoms with Crippen LogP contribution in [0.5, 0.6) is 0 Å². The molecule has 0 saturated carbocycles. The van der Waals surface area contributed by atoms with Gasteiger partial charge in [-0.2, -0.15) is 0 Å². The van der Waals surface area contributed by atoms with Gasteiger partial charge in [0.05, 0.1) is 0 Å². The molecule has 0 heterocycles. The van der Waals surface area contributed by atoms with E-state index in [1.165, 1.54) is 37.7 Å². The van der Waals surface area contributed by atoms with Gasteiger partial charge in [-0.1, -0.05) is 66.3 Å². The second-order valence-electron chi connectivity index (χ2n) is 5.96. The molecule has 2 aliphatic carbocycles. The summed E-state index contributed by atoms with van der Waals surface area (Å²) in [7, 11) is 0. The van der Waals surface area contributed by atoms with Gasteiger partial charge in [-0.3, -0.25) is 0 Å². The topological polar surface area (TPSA) is 0 Å². The molecule has 1 aromatic carbocycles. The lowest BCUT2D eigenvalue weighted by Gasteiger charge is -2.30. The standard InChI is InChI=1S/C20H24/c1-2-6-12-17(11-5-1)20(18-13-7-3-8-14-18)19-15-9-4-10-16-19/h1,3-5,7-9,12-14,19-20H,2,6,10-11,15-16H2. The van der Waals surface area contributed by atoms with Gasteiger partial charge in [0.25, 0.3) is 0 Å². The van der Waals surface area contributed by atoms with E-state index in [0.717, 1.165) is 12.3 Å². The molecule has 0 aliphatic heterocycles. The Morgan fingerprint density at radius 1 is 0.850 bits per heavy atom. The van der Waals surface area contributed by atoms with Crippen molar-refractivity contribution in [1.82, 2.24) is 0 Å². The van der Waals surface area contributed by atoms with Crippen LogP contribution in [0.4, 0.5) is 0 Å². The molecular formula is C20H24. The van der Waals surface area contributed by atoms with Crippen LogP contribution in [0.3, 0.4) is 0 Å². The predicted octanol–water partition coefficient (Wildman–Crippen LogP) is 5.79. The average Bonchev–Trinajstić information content (AvgIpc) is 2.79. The molecule has 104 valence electrons. The van der Waals surface area contributed by atoms with Crippen LogP contribution in [0, 0.1) is 5.92 Å². The van der Waals surface area contributed by atoms with E-state index in [1.54, 1.807) is 5.57 Å². The van der Waals surface area contributed by atoms with Gasteiger partial charge in [0.1, 0.15) is 0 Å². The number of allylic oxidation sites excluding steroid dienone is 6. The molecule has 0 N–H and O–H groups in total. The summed E-state index contributed by atoms with van der Waals surface area (Å²) in [5, 5.41) is 0. The average molecular weight is 264 g/mol. The molecule has 0 amide bonds. The monoisotopic (exact) mass is 264 g/mol. The molecule has 0 spiro atoms. The molecule has 2 unspecified atom stereocenters. The summed E-state index contributed by atoms with van der Waals surface area (Å²) in [6.07, 6.45) is 19.3. The Morgan fingerprint density at radius 3 is 2.50 bits per heavy atom. The van der Waals surface area contributed by atoms with Crippen molar-refractivity contribution in [1.29, 1.82) is 0 Å². The molecule has 3 rings (SSSR count). The number of rotatable bonds is 3. The summed E-state index contributed by atoms with van der Waals surface area (Å²) in [5.74, 6) is 1.39. The Morgan fingerprint density at radius 2 is 1.70 bits per heavy atom. The van der Waals surface area contributed by atoms with Crippen LogP contribution in [0.1, 0.15) is 50.0 Å². The molecule has 20 heavy (non-hydrogen) atoms. The van der Waals surface area contributed by atoms with Crippen LogP contribution in [0.15, 0.2) is 66.3 Å². The molecule has 0 heteroatoms. The van der Waals surface area contributed by atoms with Gasteiger partial charge in [-0.15, -0.1) is 0 Å². The van der Waals surface area contributed by atoms with Crippen LogP contribution in [-0.4, -0.2) is 0 Å². The van der Waals surface area contributed by atoms with Gasteiger partial charge >= 0.3 is 0 Å².